The van der Waals surface area contributed by atoms with Crippen LogP contribution in [-0.2, 0) is 19.1 Å². The standard InChI is InChI=1S/C20H31N3O5/c1-3-20(4-2)18(26)23(19(27)21-20)12-17(25)28-13-16(24)22-11-7-9-14-8-5-6-10-15(14)22/h14-15H,3-13H2,1-2H3,(H,21,27)/t14-,15+/m1/s1. The molecule has 8 nitrogen and oxygen atoms in total. The summed E-state index contributed by atoms with van der Waals surface area (Å²) in [6.07, 6.45) is 7.59. The minimum atomic E-state index is -0.947. The van der Waals surface area contributed by atoms with Crippen molar-refractivity contribution in [3.8, 4) is 0 Å². The number of nitrogens with zero attached hydrogens (tertiary/aromatic N) is 2. The second-order valence-corrected chi connectivity index (χ2v) is 8.11. The van der Waals surface area contributed by atoms with E-state index in [1.165, 1.54) is 6.42 Å². The van der Waals surface area contributed by atoms with Gasteiger partial charge in [0.05, 0.1) is 0 Å². The normalized spacial score (nSPS) is 26.6. The number of carbonyl (C=O) groups is 4. The highest BCUT2D eigenvalue weighted by Crippen LogP contribution is 2.35. The molecule has 3 fully saturated rings. The molecule has 4 amide bonds. The Morgan fingerprint density at radius 1 is 1.11 bits per heavy atom. The van der Waals surface area contributed by atoms with Crippen molar-refractivity contribution in [2.24, 2.45) is 5.92 Å². The van der Waals surface area contributed by atoms with Gasteiger partial charge in [0, 0.05) is 12.6 Å². The lowest BCUT2D eigenvalue weighted by Crippen LogP contribution is -2.51. The van der Waals surface area contributed by atoms with Crippen molar-refractivity contribution in [2.45, 2.75) is 76.8 Å². The maximum atomic E-state index is 12.6. The lowest BCUT2D eigenvalue weighted by atomic mass is 9.78. The van der Waals surface area contributed by atoms with E-state index in [-0.39, 0.29) is 18.6 Å². The van der Waals surface area contributed by atoms with Crippen LogP contribution in [0.25, 0.3) is 0 Å². The fourth-order valence-corrected chi connectivity index (χ4v) is 4.88. The van der Waals surface area contributed by atoms with Crippen LogP contribution in [0.1, 0.15) is 65.2 Å². The number of rotatable bonds is 6. The minimum absolute atomic E-state index is 0.182. The van der Waals surface area contributed by atoms with Gasteiger partial charge in [-0.25, -0.2) is 4.79 Å². The molecular weight excluding hydrogens is 362 g/mol. The van der Waals surface area contributed by atoms with Gasteiger partial charge in [-0.2, -0.15) is 0 Å². The fourth-order valence-electron chi connectivity index (χ4n) is 4.88. The highest BCUT2D eigenvalue weighted by molar-refractivity contribution is 6.08. The maximum Gasteiger partial charge on any atom is 0.326 e. The van der Waals surface area contributed by atoms with Crippen molar-refractivity contribution in [1.29, 1.82) is 0 Å². The first-order chi connectivity index (χ1) is 13.4. The number of fused-ring (bicyclic) bond motifs is 1. The number of hydrogen-bond donors (Lipinski definition) is 1. The summed E-state index contributed by atoms with van der Waals surface area (Å²) in [4.78, 5) is 52.2. The fraction of sp³-hybridized carbons (Fsp3) is 0.800. The summed E-state index contributed by atoms with van der Waals surface area (Å²) < 4.78 is 5.13. The molecule has 28 heavy (non-hydrogen) atoms. The van der Waals surface area contributed by atoms with Gasteiger partial charge in [0.25, 0.3) is 11.8 Å². The Kier molecular flexibility index (Phi) is 6.25. The highest BCUT2D eigenvalue weighted by Gasteiger charge is 2.49. The van der Waals surface area contributed by atoms with E-state index in [1.807, 2.05) is 18.7 Å². The molecule has 1 saturated carbocycles. The van der Waals surface area contributed by atoms with Crippen LogP contribution in [0.2, 0.25) is 0 Å². The number of ether oxygens (including phenoxy) is 1. The molecule has 3 aliphatic rings. The third-order valence-corrected chi connectivity index (χ3v) is 6.66. The van der Waals surface area contributed by atoms with Crippen LogP contribution in [0.4, 0.5) is 4.79 Å². The first-order valence-electron chi connectivity index (χ1n) is 10.5. The molecule has 156 valence electrons. The quantitative estimate of drug-likeness (QED) is 0.549. The van der Waals surface area contributed by atoms with Crippen molar-refractivity contribution in [1.82, 2.24) is 15.1 Å². The number of esters is 1. The van der Waals surface area contributed by atoms with Crippen molar-refractivity contribution in [2.75, 3.05) is 19.7 Å². The van der Waals surface area contributed by atoms with Crippen LogP contribution >= 0.6 is 0 Å². The van der Waals surface area contributed by atoms with Gasteiger partial charge in [0.2, 0.25) is 0 Å². The van der Waals surface area contributed by atoms with E-state index in [0.717, 1.165) is 37.0 Å². The van der Waals surface area contributed by atoms with Gasteiger partial charge in [0.15, 0.2) is 6.61 Å². The lowest BCUT2D eigenvalue weighted by molar-refractivity contribution is -0.156. The number of likely N-dealkylation sites (tertiary alicyclic amines) is 1. The first-order valence-corrected chi connectivity index (χ1v) is 10.5. The minimum Gasteiger partial charge on any atom is -0.454 e. The Morgan fingerprint density at radius 2 is 1.79 bits per heavy atom. The van der Waals surface area contributed by atoms with E-state index in [2.05, 4.69) is 5.32 Å². The summed E-state index contributed by atoms with van der Waals surface area (Å²) in [5, 5.41) is 2.67. The Labute approximate surface area is 165 Å². The van der Waals surface area contributed by atoms with Crippen molar-refractivity contribution in [3.05, 3.63) is 0 Å². The predicted octanol–water partition coefficient (Wildman–Crippen LogP) is 1.82. The molecule has 1 N–H and O–H groups in total. The van der Waals surface area contributed by atoms with E-state index < -0.39 is 30.0 Å². The molecule has 0 aromatic rings. The van der Waals surface area contributed by atoms with Crippen LogP contribution < -0.4 is 5.32 Å². The zero-order valence-electron chi connectivity index (χ0n) is 16.9. The molecule has 2 aliphatic heterocycles. The molecule has 0 spiro atoms. The molecule has 2 heterocycles. The second kappa shape index (κ2) is 8.49. The van der Waals surface area contributed by atoms with Gasteiger partial charge in [-0.1, -0.05) is 26.7 Å². The van der Waals surface area contributed by atoms with E-state index in [4.69, 9.17) is 4.74 Å². The molecule has 0 unspecified atom stereocenters. The number of nitrogens with one attached hydrogen (secondary N) is 1. The number of piperidine rings is 1. The van der Waals surface area contributed by atoms with Crippen LogP contribution in [-0.4, -0.2) is 64.9 Å². The van der Waals surface area contributed by atoms with Crippen LogP contribution in [0.15, 0.2) is 0 Å². The molecule has 2 atom stereocenters. The number of urea groups is 1. The van der Waals surface area contributed by atoms with Crippen molar-refractivity contribution < 1.29 is 23.9 Å². The Morgan fingerprint density at radius 3 is 2.46 bits per heavy atom. The summed E-state index contributed by atoms with van der Waals surface area (Å²) in [7, 11) is 0. The summed E-state index contributed by atoms with van der Waals surface area (Å²) in [5.41, 5.74) is -0.947. The topological polar surface area (TPSA) is 96.0 Å². The average molecular weight is 393 g/mol. The SMILES string of the molecule is CCC1(CC)NC(=O)N(CC(=O)OCC(=O)N2CCC[C@H]3CCCC[C@@H]32)C1=O. The summed E-state index contributed by atoms with van der Waals surface area (Å²) >= 11 is 0. The van der Waals surface area contributed by atoms with Crippen LogP contribution in [0.5, 0.6) is 0 Å². The molecule has 0 radical (unpaired) electrons. The van der Waals surface area contributed by atoms with Gasteiger partial charge < -0.3 is 15.0 Å². The van der Waals surface area contributed by atoms with Crippen LogP contribution in [0, 0.1) is 5.92 Å². The molecule has 1 aliphatic carbocycles. The van der Waals surface area contributed by atoms with E-state index in [0.29, 0.717) is 25.3 Å². The van der Waals surface area contributed by atoms with Gasteiger partial charge in [-0.15, -0.1) is 0 Å². The molecule has 3 rings (SSSR count). The Hall–Kier alpha value is -2.12. The largest absolute Gasteiger partial charge is 0.454 e. The number of amides is 4. The second-order valence-electron chi connectivity index (χ2n) is 8.11. The molecule has 2 saturated heterocycles. The number of hydrogen-bond acceptors (Lipinski definition) is 5. The molecule has 0 aromatic heterocycles. The zero-order valence-corrected chi connectivity index (χ0v) is 16.9. The Bertz CT molecular complexity index is 644. The average Bonchev–Trinajstić information content (AvgIpc) is 2.96. The van der Waals surface area contributed by atoms with E-state index in [1.54, 1.807) is 0 Å². The number of imide groups is 1. The summed E-state index contributed by atoms with van der Waals surface area (Å²) in [6, 6.07) is -0.326. The summed E-state index contributed by atoms with van der Waals surface area (Å²) in [5.74, 6) is -0.771. The van der Waals surface area contributed by atoms with E-state index in [9.17, 15) is 19.2 Å². The third-order valence-electron chi connectivity index (χ3n) is 6.66. The van der Waals surface area contributed by atoms with Gasteiger partial charge >= 0.3 is 12.0 Å². The van der Waals surface area contributed by atoms with Gasteiger partial charge in [-0.05, 0) is 44.4 Å². The predicted molar refractivity (Wildman–Crippen MR) is 101 cm³/mol. The van der Waals surface area contributed by atoms with Crippen molar-refractivity contribution >= 4 is 23.8 Å². The maximum absolute atomic E-state index is 12.6. The van der Waals surface area contributed by atoms with Gasteiger partial charge in [0.1, 0.15) is 12.1 Å². The first kappa shape index (κ1) is 20.6. The van der Waals surface area contributed by atoms with E-state index >= 15 is 0 Å². The summed E-state index contributed by atoms with van der Waals surface area (Å²) in [6.45, 7) is 3.54. The monoisotopic (exact) mass is 393 g/mol. The molecule has 0 aromatic carbocycles. The Balaban J connectivity index is 1.52. The zero-order chi connectivity index (χ0) is 20.3. The third kappa shape index (κ3) is 3.86. The van der Waals surface area contributed by atoms with Crippen LogP contribution in [0.3, 0.4) is 0 Å². The van der Waals surface area contributed by atoms with Crippen molar-refractivity contribution in [3.63, 3.8) is 0 Å². The molecule has 0 bridgehead atoms. The highest BCUT2D eigenvalue weighted by atomic mass is 16.5. The molecular formula is C20H31N3O5. The smallest absolute Gasteiger partial charge is 0.326 e. The number of carbonyl (C=O) groups excluding carboxylic acids is 4. The molecule has 8 heteroatoms. The lowest BCUT2D eigenvalue weighted by Gasteiger charge is -2.44. The van der Waals surface area contributed by atoms with Gasteiger partial charge in [-0.3, -0.25) is 19.3 Å².